The van der Waals surface area contributed by atoms with E-state index in [1.807, 2.05) is 6.92 Å². The lowest BCUT2D eigenvalue weighted by atomic mass is 9.78. The molecule has 174 valence electrons. The molecule has 4 aromatic rings. The molecule has 1 unspecified atom stereocenters. The van der Waals surface area contributed by atoms with Crippen LogP contribution in [0, 0.1) is 11.6 Å². The topological polar surface area (TPSA) is 103 Å². The Bertz CT molecular complexity index is 1380. The summed E-state index contributed by atoms with van der Waals surface area (Å²) < 4.78 is 34.0. The molecule has 0 aliphatic rings. The van der Waals surface area contributed by atoms with Crippen LogP contribution in [0.25, 0.3) is 11.3 Å². The van der Waals surface area contributed by atoms with Gasteiger partial charge in [-0.15, -0.1) is 0 Å². The Labute approximate surface area is 193 Å². The number of amides is 1. The Morgan fingerprint density at radius 1 is 1.21 bits per heavy atom. The molecule has 3 heterocycles. The number of nitrogens with zero attached hydrogens (tertiary/aromatic N) is 4. The lowest BCUT2D eigenvalue weighted by Crippen LogP contribution is -2.41. The molecule has 1 N–H and O–H groups in total. The molecule has 0 saturated carbocycles. The number of nitrogens with one attached hydrogen (secondary N) is 1. The number of aryl methyl sites for hydroxylation is 1. The van der Waals surface area contributed by atoms with Gasteiger partial charge < -0.3 is 9.84 Å². The Kier molecular flexibility index (Phi) is 6.06. The average Bonchev–Trinajstić information content (AvgIpc) is 3.47. The second-order valence-electron chi connectivity index (χ2n) is 8.07. The molecule has 8 nitrogen and oxygen atoms in total. The highest BCUT2D eigenvalue weighted by Gasteiger charge is 2.35. The number of carbonyl (C=O) groups excluding carboxylic acids is 2. The standard InChI is InChI=1S/C24H21F2N5O3/c1-14(32)17-5-4-8-27-22(17)24(2,15-11-29-31(3)12-15)13-28-23(33)20-10-21(34-30-20)18-7-6-16(25)9-19(18)26/h4-12H,13H2,1-3H3,(H,28,33). The third-order valence-corrected chi connectivity index (χ3v) is 5.59. The van der Waals surface area contributed by atoms with E-state index in [4.69, 9.17) is 4.52 Å². The van der Waals surface area contributed by atoms with Gasteiger partial charge in [0.25, 0.3) is 5.91 Å². The van der Waals surface area contributed by atoms with E-state index in [9.17, 15) is 18.4 Å². The van der Waals surface area contributed by atoms with Gasteiger partial charge in [-0.3, -0.25) is 19.3 Å². The summed E-state index contributed by atoms with van der Waals surface area (Å²) >= 11 is 0. The van der Waals surface area contributed by atoms with Crippen molar-refractivity contribution in [2.75, 3.05) is 6.54 Å². The van der Waals surface area contributed by atoms with Crippen LogP contribution in [0.15, 0.2) is 59.5 Å². The van der Waals surface area contributed by atoms with Crippen LogP contribution in [-0.2, 0) is 12.5 Å². The Balaban J connectivity index is 1.62. The van der Waals surface area contributed by atoms with Crippen LogP contribution in [0.2, 0.25) is 0 Å². The summed E-state index contributed by atoms with van der Waals surface area (Å²) in [5.41, 5.74) is 0.657. The van der Waals surface area contributed by atoms with E-state index < -0.39 is 23.0 Å². The van der Waals surface area contributed by atoms with Gasteiger partial charge in [-0.25, -0.2) is 8.78 Å². The zero-order valence-corrected chi connectivity index (χ0v) is 18.7. The summed E-state index contributed by atoms with van der Waals surface area (Å²) in [7, 11) is 1.76. The third-order valence-electron chi connectivity index (χ3n) is 5.59. The molecular weight excluding hydrogens is 444 g/mol. The molecule has 1 aromatic carbocycles. The fourth-order valence-electron chi connectivity index (χ4n) is 3.70. The number of rotatable bonds is 7. The smallest absolute Gasteiger partial charge is 0.273 e. The molecular formula is C24H21F2N5O3. The first-order chi connectivity index (χ1) is 16.2. The van der Waals surface area contributed by atoms with Crippen molar-refractivity contribution >= 4 is 11.7 Å². The number of hydrogen-bond donors (Lipinski definition) is 1. The maximum atomic E-state index is 14.1. The lowest BCUT2D eigenvalue weighted by Gasteiger charge is -2.29. The summed E-state index contributed by atoms with van der Waals surface area (Å²) in [4.78, 5) is 29.6. The van der Waals surface area contributed by atoms with Crippen molar-refractivity contribution < 1.29 is 22.9 Å². The van der Waals surface area contributed by atoms with Gasteiger partial charge in [-0.05, 0) is 38.1 Å². The normalized spacial score (nSPS) is 12.9. The number of pyridine rings is 1. The maximum Gasteiger partial charge on any atom is 0.273 e. The van der Waals surface area contributed by atoms with Crippen molar-refractivity contribution in [2.24, 2.45) is 7.05 Å². The third kappa shape index (κ3) is 4.34. The molecule has 0 aliphatic carbocycles. The van der Waals surface area contributed by atoms with Crippen molar-refractivity contribution in [3.05, 3.63) is 89.1 Å². The van der Waals surface area contributed by atoms with E-state index in [0.717, 1.165) is 17.7 Å². The zero-order valence-electron chi connectivity index (χ0n) is 18.7. The van der Waals surface area contributed by atoms with E-state index >= 15 is 0 Å². The van der Waals surface area contributed by atoms with E-state index in [2.05, 4.69) is 20.6 Å². The summed E-state index contributed by atoms with van der Waals surface area (Å²) in [6, 6.07) is 7.64. The highest BCUT2D eigenvalue weighted by atomic mass is 19.1. The predicted molar refractivity (Wildman–Crippen MR) is 118 cm³/mol. The molecule has 1 amide bonds. The first-order valence-corrected chi connectivity index (χ1v) is 10.3. The first kappa shape index (κ1) is 23.0. The van der Waals surface area contributed by atoms with Crippen molar-refractivity contribution in [3.8, 4) is 11.3 Å². The first-order valence-electron chi connectivity index (χ1n) is 10.3. The second-order valence-corrected chi connectivity index (χ2v) is 8.07. The second kappa shape index (κ2) is 8.97. The van der Waals surface area contributed by atoms with Crippen LogP contribution in [0.1, 0.15) is 46.0 Å². The van der Waals surface area contributed by atoms with Gasteiger partial charge in [-0.1, -0.05) is 5.16 Å². The van der Waals surface area contributed by atoms with E-state index in [1.165, 1.54) is 19.1 Å². The van der Waals surface area contributed by atoms with Crippen molar-refractivity contribution in [1.29, 1.82) is 0 Å². The van der Waals surface area contributed by atoms with Crippen LogP contribution in [0.5, 0.6) is 0 Å². The number of carbonyl (C=O) groups is 2. The minimum Gasteiger partial charge on any atom is -0.355 e. The summed E-state index contributed by atoms with van der Waals surface area (Å²) in [6.45, 7) is 3.36. The molecule has 10 heteroatoms. The number of aromatic nitrogens is 4. The van der Waals surface area contributed by atoms with Crippen LogP contribution in [-0.4, -0.2) is 38.2 Å². The SMILES string of the molecule is CC(=O)c1cccnc1C(C)(CNC(=O)c1cc(-c2ccc(F)cc2F)on1)c1cnn(C)c1. The maximum absolute atomic E-state index is 14.1. The molecule has 0 saturated heterocycles. The number of ketones is 1. The van der Waals surface area contributed by atoms with Crippen LogP contribution < -0.4 is 5.32 Å². The largest absolute Gasteiger partial charge is 0.355 e. The number of halogens is 2. The predicted octanol–water partition coefficient (Wildman–Crippen LogP) is 3.69. The summed E-state index contributed by atoms with van der Waals surface area (Å²) in [6.07, 6.45) is 5.02. The molecule has 0 radical (unpaired) electrons. The molecule has 34 heavy (non-hydrogen) atoms. The number of hydrogen-bond acceptors (Lipinski definition) is 6. The highest BCUT2D eigenvalue weighted by molar-refractivity contribution is 5.96. The molecule has 3 aromatic heterocycles. The van der Waals surface area contributed by atoms with Gasteiger partial charge in [-0.2, -0.15) is 5.10 Å². The fraction of sp³-hybridized carbons (Fsp3) is 0.208. The van der Waals surface area contributed by atoms with Gasteiger partial charge in [0.05, 0.1) is 22.9 Å². The molecule has 0 spiro atoms. The quantitative estimate of drug-likeness (QED) is 0.418. The minimum atomic E-state index is -0.901. The number of benzene rings is 1. The number of Topliss-reactive ketones (excluding diaryl/α,β-unsaturated/α-hetero) is 1. The zero-order chi connectivity index (χ0) is 24.5. The van der Waals surface area contributed by atoms with Crippen molar-refractivity contribution in [3.63, 3.8) is 0 Å². The lowest BCUT2D eigenvalue weighted by molar-refractivity contribution is 0.0938. The van der Waals surface area contributed by atoms with Gasteiger partial charge in [0, 0.05) is 49.2 Å². The van der Waals surface area contributed by atoms with Crippen LogP contribution in [0.3, 0.4) is 0 Å². The van der Waals surface area contributed by atoms with Crippen LogP contribution in [0.4, 0.5) is 8.78 Å². The molecule has 0 fully saturated rings. The van der Waals surface area contributed by atoms with Crippen LogP contribution >= 0.6 is 0 Å². The molecule has 4 rings (SSSR count). The summed E-state index contributed by atoms with van der Waals surface area (Å²) in [5.74, 6) is -2.31. The average molecular weight is 465 g/mol. The van der Waals surface area contributed by atoms with Crippen molar-refractivity contribution in [2.45, 2.75) is 19.3 Å². The van der Waals surface area contributed by atoms with E-state index in [0.29, 0.717) is 11.3 Å². The molecule has 0 bridgehead atoms. The highest BCUT2D eigenvalue weighted by Crippen LogP contribution is 2.32. The van der Waals surface area contributed by atoms with Gasteiger partial charge in [0.15, 0.2) is 17.2 Å². The van der Waals surface area contributed by atoms with Gasteiger partial charge in [0.2, 0.25) is 0 Å². The monoisotopic (exact) mass is 465 g/mol. The molecule has 0 aliphatic heterocycles. The Hall–Kier alpha value is -4.21. The Morgan fingerprint density at radius 3 is 2.68 bits per heavy atom. The minimum absolute atomic E-state index is 0.0127. The fourth-order valence-corrected chi connectivity index (χ4v) is 3.70. The molecule has 1 atom stereocenters. The van der Waals surface area contributed by atoms with E-state index in [1.54, 1.807) is 42.5 Å². The van der Waals surface area contributed by atoms with Crippen molar-refractivity contribution in [1.82, 2.24) is 25.2 Å². The van der Waals surface area contributed by atoms with Gasteiger partial charge in [0.1, 0.15) is 11.6 Å². The summed E-state index contributed by atoms with van der Waals surface area (Å²) in [5, 5.41) is 10.7. The Morgan fingerprint density at radius 2 is 2.00 bits per heavy atom. The van der Waals surface area contributed by atoms with Gasteiger partial charge >= 0.3 is 0 Å². The van der Waals surface area contributed by atoms with E-state index in [-0.39, 0.29) is 29.3 Å².